The maximum Gasteiger partial charge on any atom is 0.309 e. The van der Waals surface area contributed by atoms with E-state index in [1.54, 1.807) is 74.0 Å². The van der Waals surface area contributed by atoms with Gasteiger partial charge < -0.3 is 19.8 Å². The fourth-order valence-corrected chi connectivity index (χ4v) is 4.65. The first-order valence-corrected chi connectivity index (χ1v) is 13.3. The van der Waals surface area contributed by atoms with Gasteiger partial charge in [0.05, 0.1) is 41.8 Å². The first-order chi connectivity index (χ1) is 19.8. The zero-order chi connectivity index (χ0) is 28.9. The number of halogens is 2. The third-order valence-electron chi connectivity index (χ3n) is 6.28. The lowest BCUT2D eigenvalue weighted by atomic mass is 10.1. The van der Waals surface area contributed by atoms with Crippen molar-refractivity contribution in [3.05, 3.63) is 106 Å². The lowest BCUT2D eigenvalue weighted by Gasteiger charge is -2.08. The maximum absolute atomic E-state index is 14.9. The molecule has 0 saturated carbocycles. The molecule has 5 aromatic rings. The molecule has 1 heterocycles. The van der Waals surface area contributed by atoms with Crippen LogP contribution >= 0.6 is 15.9 Å². The summed E-state index contributed by atoms with van der Waals surface area (Å²) in [7, 11) is 2.91. The molecule has 0 bridgehead atoms. The largest absolute Gasteiger partial charge is 0.496 e. The summed E-state index contributed by atoms with van der Waals surface area (Å²) >= 11 is 3.38. The molecule has 0 unspecified atom stereocenters. The summed E-state index contributed by atoms with van der Waals surface area (Å²) in [4.78, 5) is 36.1. The molecule has 1 aromatic heterocycles. The number of nitrogens with zero attached hydrogens (tertiary/aromatic N) is 2. The van der Waals surface area contributed by atoms with Crippen molar-refractivity contribution in [1.82, 2.24) is 9.97 Å². The van der Waals surface area contributed by atoms with Crippen molar-refractivity contribution < 1.29 is 23.5 Å². The molecule has 10 heteroatoms. The van der Waals surface area contributed by atoms with Crippen LogP contribution in [0.4, 0.5) is 15.8 Å². The molecule has 0 fully saturated rings. The first kappa shape index (κ1) is 27.7. The predicted octanol–water partition coefficient (Wildman–Crippen LogP) is 6.86. The van der Waals surface area contributed by atoms with Crippen LogP contribution in [0.1, 0.15) is 21.5 Å². The Balaban J connectivity index is 1.25. The minimum absolute atomic E-state index is 0.154. The molecule has 0 aliphatic rings. The summed E-state index contributed by atoms with van der Waals surface area (Å²) in [6, 6.07) is 22.2. The van der Waals surface area contributed by atoms with E-state index in [1.165, 1.54) is 13.2 Å². The molecule has 1 amide bonds. The number of imidazole rings is 1. The summed E-state index contributed by atoms with van der Waals surface area (Å²) in [5.41, 5.74) is 4.79. The Hall–Kier alpha value is -4.83. The van der Waals surface area contributed by atoms with E-state index in [2.05, 4.69) is 36.2 Å². The monoisotopic (exact) mass is 614 g/mol. The Labute approximate surface area is 243 Å². The highest BCUT2D eigenvalue weighted by Crippen LogP contribution is 2.28. The quantitative estimate of drug-likeness (QED) is 0.147. The topological polar surface area (TPSA) is 106 Å². The number of nitrogens with one attached hydrogen (secondary N) is 2. The second-order valence-corrected chi connectivity index (χ2v) is 9.89. The van der Waals surface area contributed by atoms with Gasteiger partial charge in [-0.25, -0.2) is 9.37 Å². The number of ether oxygens (including phenoxy) is 2. The maximum atomic E-state index is 14.9. The van der Waals surface area contributed by atoms with Crippen molar-refractivity contribution in [2.45, 2.75) is 6.42 Å². The van der Waals surface area contributed by atoms with Gasteiger partial charge >= 0.3 is 5.97 Å². The van der Waals surface area contributed by atoms with Crippen molar-refractivity contribution in [3.8, 4) is 17.1 Å². The van der Waals surface area contributed by atoms with Crippen molar-refractivity contribution in [1.29, 1.82) is 0 Å². The van der Waals surface area contributed by atoms with Gasteiger partial charge in [0.15, 0.2) is 0 Å². The number of H-pyrrole nitrogens is 1. The average molecular weight is 615 g/mol. The average Bonchev–Trinajstić information content (AvgIpc) is 3.40. The lowest BCUT2D eigenvalue weighted by Crippen LogP contribution is -2.11. The molecule has 206 valence electrons. The number of esters is 1. The zero-order valence-corrected chi connectivity index (χ0v) is 23.7. The molecule has 0 aliphatic carbocycles. The van der Waals surface area contributed by atoms with Crippen LogP contribution in [0.25, 0.3) is 22.4 Å². The Morgan fingerprint density at radius 3 is 2.54 bits per heavy atom. The van der Waals surface area contributed by atoms with E-state index in [4.69, 9.17) is 9.47 Å². The molecule has 8 nitrogen and oxygen atoms in total. The second kappa shape index (κ2) is 12.1. The number of carbonyl (C=O) groups excluding carboxylic acids is 2. The number of amides is 1. The molecule has 0 atom stereocenters. The number of benzene rings is 4. The van der Waals surface area contributed by atoms with E-state index in [0.29, 0.717) is 38.4 Å². The third kappa shape index (κ3) is 6.50. The number of hydrogen-bond donors (Lipinski definition) is 2. The van der Waals surface area contributed by atoms with E-state index >= 15 is 0 Å². The first-order valence-electron chi connectivity index (χ1n) is 12.5. The number of rotatable bonds is 8. The molecule has 41 heavy (non-hydrogen) atoms. The number of aromatic nitrogens is 2. The molecule has 4 aromatic carbocycles. The fourth-order valence-electron chi connectivity index (χ4n) is 4.11. The minimum Gasteiger partial charge on any atom is -0.496 e. The van der Waals surface area contributed by atoms with Crippen molar-refractivity contribution in [3.63, 3.8) is 0 Å². The van der Waals surface area contributed by atoms with Crippen LogP contribution in [0, 0.1) is 5.82 Å². The molecule has 0 radical (unpaired) electrons. The van der Waals surface area contributed by atoms with E-state index in [-0.39, 0.29) is 24.0 Å². The van der Waals surface area contributed by atoms with Gasteiger partial charge in [-0.3, -0.25) is 14.6 Å². The number of fused-ring (bicyclic) bond motifs is 1. The van der Waals surface area contributed by atoms with Gasteiger partial charge in [-0.1, -0.05) is 18.2 Å². The van der Waals surface area contributed by atoms with Crippen LogP contribution in [0.3, 0.4) is 0 Å². The van der Waals surface area contributed by atoms with Crippen LogP contribution in [0.15, 0.2) is 88.3 Å². The molecule has 0 saturated heterocycles. The van der Waals surface area contributed by atoms with Crippen LogP contribution in [0.2, 0.25) is 0 Å². The Morgan fingerprint density at radius 2 is 1.83 bits per heavy atom. The van der Waals surface area contributed by atoms with Crippen LogP contribution in [-0.2, 0) is 16.0 Å². The van der Waals surface area contributed by atoms with Crippen LogP contribution < -0.4 is 10.1 Å². The summed E-state index contributed by atoms with van der Waals surface area (Å²) in [5.74, 6) is 0.0497. The highest BCUT2D eigenvalue weighted by Gasteiger charge is 2.12. The third-order valence-corrected chi connectivity index (χ3v) is 6.90. The predicted molar refractivity (Wildman–Crippen MR) is 160 cm³/mol. The van der Waals surface area contributed by atoms with Crippen molar-refractivity contribution >= 4 is 56.4 Å². The van der Waals surface area contributed by atoms with Gasteiger partial charge in [0, 0.05) is 23.0 Å². The van der Waals surface area contributed by atoms with Crippen molar-refractivity contribution in [2.24, 2.45) is 4.99 Å². The highest BCUT2D eigenvalue weighted by atomic mass is 79.9. The van der Waals surface area contributed by atoms with E-state index in [9.17, 15) is 14.0 Å². The van der Waals surface area contributed by atoms with E-state index < -0.39 is 5.82 Å². The summed E-state index contributed by atoms with van der Waals surface area (Å²) in [6.45, 7) is 0. The minimum atomic E-state index is -0.500. The van der Waals surface area contributed by atoms with Gasteiger partial charge in [-0.15, -0.1) is 0 Å². The standard InChI is InChI=1S/C31H24BrFN4O4/c1-40-28-12-7-21(15-23(28)32)31(39)35-22-8-3-18(4-9-22)17-34-25-11-6-20(16-24(25)33)30-36-26-10-5-19(13-27(26)37-30)14-29(38)41-2/h3-13,15-17H,14H2,1-2H3,(H,35,39)(H,36,37). The molecular weight excluding hydrogens is 591 g/mol. The van der Waals surface area contributed by atoms with Crippen LogP contribution in [0.5, 0.6) is 5.75 Å². The smallest absolute Gasteiger partial charge is 0.309 e. The molecule has 2 N–H and O–H groups in total. The summed E-state index contributed by atoms with van der Waals surface area (Å²) in [6.07, 6.45) is 1.70. The SMILES string of the molecule is COC(=O)Cc1ccc2nc(-c3ccc(N=Cc4ccc(NC(=O)c5ccc(OC)c(Br)c5)cc4)c(F)c3)[nH]c2c1. The Morgan fingerprint density at radius 1 is 1.02 bits per heavy atom. The molecule has 0 spiro atoms. The number of hydrogen-bond acceptors (Lipinski definition) is 6. The number of aromatic amines is 1. The van der Waals surface area contributed by atoms with Gasteiger partial charge in [-0.2, -0.15) is 0 Å². The van der Waals surface area contributed by atoms with Gasteiger partial charge in [0.1, 0.15) is 17.4 Å². The van der Waals surface area contributed by atoms with Gasteiger partial charge in [-0.05, 0) is 87.7 Å². The summed E-state index contributed by atoms with van der Waals surface area (Å²) < 4.78 is 25.5. The number of carbonyl (C=O) groups is 2. The van der Waals surface area contributed by atoms with Crippen LogP contribution in [-0.4, -0.2) is 42.3 Å². The second-order valence-electron chi connectivity index (χ2n) is 9.04. The number of anilines is 1. The molecule has 5 rings (SSSR count). The normalized spacial score (nSPS) is 11.1. The Kier molecular flexibility index (Phi) is 8.21. The lowest BCUT2D eigenvalue weighted by molar-refractivity contribution is -0.139. The summed E-state index contributed by atoms with van der Waals surface area (Å²) in [5, 5.41) is 2.84. The van der Waals surface area contributed by atoms with Gasteiger partial charge in [0.2, 0.25) is 0 Å². The Bertz CT molecular complexity index is 1780. The van der Waals surface area contributed by atoms with E-state index in [0.717, 1.165) is 16.6 Å². The fraction of sp³-hybridized carbons (Fsp3) is 0.0968. The number of aliphatic imine (C=N–C) groups is 1. The highest BCUT2D eigenvalue weighted by molar-refractivity contribution is 9.10. The van der Waals surface area contributed by atoms with E-state index in [1.807, 2.05) is 12.1 Å². The molecule has 0 aliphatic heterocycles. The molecular formula is C31H24BrFN4O4. The number of methoxy groups -OCH3 is 2. The zero-order valence-electron chi connectivity index (χ0n) is 22.1. The van der Waals surface area contributed by atoms with Gasteiger partial charge in [0.25, 0.3) is 5.91 Å². The van der Waals surface area contributed by atoms with Crippen molar-refractivity contribution in [2.75, 3.05) is 19.5 Å².